The van der Waals surface area contributed by atoms with Gasteiger partial charge < -0.3 is 4.90 Å². The summed E-state index contributed by atoms with van der Waals surface area (Å²) >= 11 is 0. The fraction of sp³-hybridized carbons (Fsp3) is 1.00. The first-order valence-electron chi connectivity index (χ1n) is 3.58. The van der Waals surface area contributed by atoms with Gasteiger partial charge in [0.15, 0.2) is 0 Å². The van der Waals surface area contributed by atoms with E-state index in [1.165, 1.54) is 0 Å². The first-order valence-corrected chi connectivity index (χ1v) is 3.58. The molecular formula is C7H13F2N. The van der Waals surface area contributed by atoms with Crippen molar-refractivity contribution in [2.24, 2.45) is 11.8 Å². The van der Waals surface area contributed by atoms with E-state index in [4.69, 9.17) is 0 Å². The van der Waals surface area contributed by atoms with E-state index in [0.717, 1.165) is 6.54 Å². The zero-order valence-corrected chi connectivity index (χ0v) is 6.35. The van der Waals surface area contributed by atoms with Crippen LogP contribution in [0.15, 0.2) is 0 Å². The molecule has 60 valence electrons. The lowest BCUT2D eigenvalue weighted by Crippen LogP contribution is -2.19. The van der Waals surface area contributed by atoms with Crippen LogP contribution in [0.25, 0.3) is 0 Å². The third-order valence-electron chi connectivity index (χ3n) is 2.18. The molecule has 2 atom stereocenters. The van der Waals surface area contributed by atoms with Crippen LogP contribution in [0.3, 0.4) is 0 Å². The Kier molecular flexibility index (Phi) is 2.24. The molecule has 1 aliphatic rings. The van der Waals surface area contributed by atoms with Gasteiger partial charge in [0.2, 0.25) is 6.43 Å². The molecule has 0 aromatic carbocycles. The van der Waals surface area contributed by atoms with Gasteiger partial charge in [-0.25, -0.2) is 8.78 Å². The molecule has 0 saturated carbocycles. The Balaban J connectivity index is 2.46. The van der Waals surface area contributed by atoms with Crippen LogP contribution < -0.4 is 0 Å². The Morgan fingerprint density at radius 3 is 2.20 bits per heavy atom. The van der Waals surface area contributed by atoms with E-state index in [1.807, 2.05) is 18.9 Å². The monoisotopic (exact) mass is 149 g/mol. The van der Waals surface area contributed by atoms with Gasteiger partial charge in [0.1, 0.15) is 0 Å². The lowest BCUT2D eigenvalue weighted by atomic mass is 9.99. The minimum atomic E-state index is -2.14. The molecule has 0 N–H and O–H groups in total. The van der Waals surface area contributed by atoms with Crippen molar-refractivity contribution < 1.29 is 8.78 Å². The fourth-order valence-electron chi connectivity index (χ4n) is 1.57. The SMILES string of the molecule is CC1CN(C)CC1C(F)F. The second kappa shape index (κ2) is 2.82. The predicted molar refractivity (Wildman–Crippen MR) is 36.2 cm³/mol. The summed E-state index contributed by atoms with van der Waals surface area (Å²) in [6, 6.07) is 0. The van der Waals surface area contributed by atoms with E-state index in [-0.39, 0.29) is 5.92 Å². The number of alkyl halides is 2. The second-order valence-electron chi connectivity index (χ2n) is 3.20. The summed E-state index contributed by atoms with van der Waals surface area (Å²) in [4.78, 5) is 1.96. The molecule has 0 aromatic heterocycles. The summed E-state index contributed by atoms with van der Waals surface area (Å²) in [7, 11) is 1.89. The number of likely N-dealkylation sites (tertiary alicyclic amines) is 1. The number of rotatable bonds is 1. The summed E-state index contributed by atoms with van der Waals surface area (Å²) in [5.41, 5.74) is 0. The van der Waals surface area contributed by atoms with Gasteiger partial charge in [-0.2, -0.15) is 0 Å². The Bertz CT molecular complexity index is 116. The number of hydrogen-bond donors (Lipinski definition) is 0. The van der Waals surface area contributed by atoms with Gasteiger partial charge >= 0.3 is 0 Å². The van der Waals surface area contributed by atoms with Gasteiger partial charge in [-0.05, 0) is 13.0 Å². The summed E-state index contributed by atoms with van der Waals surface area (Å²) < 4.78 is 24.3. The van der Waals surface area contributed by atoms with Gasteiger partial charge in [0.05, 0.1) is 0 Å². The molecule has 1 heterocycles. The Labute approximate surface area is 60.0 Å². The zero-order chi connectivity index (χ0) is 7.72. The number of halogens is 2. The minimum absolute atomic E-state index is 0.157. The molecular weight excluding hydrogens is 136 g/mol. The van der Waals surface area contributed by atoms with Crippen LogP contribution in [0.5, 0.6) is 0 Å². The van der Waals surface area contributed by atoms with Gasteiger partial charge in [0, 0.05) is 19.0 Å². The highest BCUT2D eigenvalue weighted by molar-refractivity contribution is 4.80. The van der Waals surface area contributed by atoms with Crippen molar-refractivity contribution in [2.75, 3.05) is 20.1 Å². The van der Waals surface area contributed by atoms with E-state index >= 15 is 0 Å². The Morgan fingerprint density at radius 2 is 2.00 bits per heavy atom. The van der Waals surface area contributed by atoms with Crippen LogP contribution in [0, 0.1) is 11.8 Å². The minimum Gasteiger partial charge on any atom is -0.306 e. The molecule has 0 radical (unpaired) electrons. The van der Waals surface area contributed by atoms with E-state index in [9.17, 15) is 8.78 Å². The highest BCUT2D eigenvalue weighted by Crippen LogP contribution is 2.26. The molecule has 1 fully saturated rings. The van der Waals surface area contributed by atoms with E-state index in [2.05, 4.69) is 0 Å². The molecule has 1 saturated heterocycles. The van der Waals surface area contributed by atoms with Gasteiger partial charge in [-0.3, -0.25) is 0 Å². The maximum atomic E-state index is 12.1. The predicted octanol–water partition coefficient (Wildman–Crippen LogP) is 1.45. The molecule has 10 heavy (non-hydrogen) atoms. The van der Waals surface area contributed by atoms with Crippen LogP contribution in [-0.2, 0) is 0 Å². The first-order chi connectivity index (χ1) is 4.61. The molecule has 2 unspecified atom stereocenters. The topological polar surface area (TPSA) is 3.24 Å². The Hall–Kier alpha value is -0.180. The third kappa shape index (κ3) is 1.45. The quantitative estimate of drug-likeness (QED) is 0.545. The van der Waals surface area contributed by atoms with Crippen LogP contribution in [0.1, 0.15) is 6.92 Å². The van der Waals surface area contributed by atoms with Crippen LogP contribution >= 0.6 is 0 Å². The largest absolute Gasteiger partial charge is 0.306 e. The first kappa shape index (κ1) is 7.92. The Morgan fingerprint density at radius 1 is 1.40 bits per heavy atom. The maximum Gasteiger partial charge on any atom is 0.242 e. The second-order valence-corrected chi connectivity index (χ2v) is 3.20. The smallest absolute Gasteiger partial charge is 0.242 e. The van der Waals surface area contributed by atoms with Crippen molar-refractivity contribution in [3.05, 3.63) is 0 Å². The van der Waals surface area contributed by atoms with Crippen molar-refractivity contribution >= 4 is 0 Å². The van der Waals surface area contributed by atoms with Crippen molar-refractivity contribution in [3.8, 4) is 0 Å². The average molecular weight is 149 g/mol. The van der Waals surface area contributed by atoms with Crippen molar-refractivity contribution in [1.82, 2.24) is 4.90 Å². The maximum absolute atomic E-state index is 12.1. The molecule has 0 spiro atoms. The van der Waals surface area contributed by atoms with E-state index in [0.29, 0.717) is 6.54 Å². The molecule has 1 aliphatic heterocycles. The van der Waals surface area contributed by atoms with Crippen molar-refractivity contribution in [1.29, 1.82) is 0 Å². The lowest BCUT2D eigenvalue weighted by Gasteiger charge is -2.11. The highest BCUT2D eigenvalue weighted by Gasteiger charge is 2.33. The standard InChI is InChI=1S/C7H13F2N/c1-5-3-10(2)4-6(5)7(8)9/h5-7H,3-4H2,1-2H3. The number of nitrogens with zero attached hydrogens (tertiary/aromatic N) is 1. The molecule has 1 rings (SSSR count). The van der Waals surface area contributed by atoms with Crippen molar-refractivity contribution in [3.63, 3.8) is 0 Å². The molecule has 0 aliphatic carbocycles. The molecule has 1 nitrogen and oxygen atoms in total. The average Bonchev–Trinajstić information content (AvgIpc) is 2.10. The van der Waals surface area contributed by atoms with Gasteiger partial charge in [0.25, 0.3) is 0 Å². The third-order valence-corrected chi connectivity index (χ3v) is 2.18. The summed E-state index contributed by atoms with van der Waals surface area (Å²) in [5.74, 6) is -0.241. The van der Waals surface area contributed by atoms with Gasteiger partial charge in [-0.15, -0.1) is 0 Å². The highest BCUT2D eigenvalue weighted by atomic mass is 19.3. The molecule has 0 aromatic rings. The lowest BCUT2D eigenvalue weighted by molar-refractivity contribution is 0.0657. The summed E-state index contributed by atoms with van der Waals surface area (Å²) in [5, 5.41) is 0. The van der Waals surface area contributed by atoms with Crippen LogP contribution in [-0.4, -0.2) is 31.5 Å². The molecule has 3 heteroatoms. The molecule has 0 bridgehead atoms. The van der Waals surface area contributed by atoms with E-state index < -0.39 is 12.3 Å². The molecule has 0 amide bonds. The fourth-order valence-corrected chi connectivity index (χ4v) is 1.57. The van der Waals surface area contributed by atoms with Crippen molar-refractivity contribution in [2.45, 2.75) is 13.3 Å². The van der Waals surface area contributed by atoms with E-state index in [1.54, 1.807) is 0 Å². The normalized spacial score (nSPS) is 35.7. The zero-order valence-electron chi connectivity index (χ0n) is 6.35. The van der Waals surface area contributed by atoms with Gasteiger partial charge in [-0.1, -0.05) is 6.92 Å². The summed E-state index contributed by atoms with van der Waals surface area (Å²) in [6.45, 7) is 3.26. The summed E-state index contributed by atoms with van der Waals surface area (Å²) in [6.07, 6.45) is -2.14. The van der Waals surface area contributed by atoms with Crippen LogP contribution in [0.4, 0.5) is 8.78 Å². The van der Waals surface area contributed by atoms with Crippen LogP contribution in [0.2, 0.25) is 0 Å². The number of hydrogen-bond acceptors (Lipinski definition) is 1.